The van der Waals surface area contributed by atoms with Gasteiger partial charge in [-0.2, -0.15) is 0 Å². The number of esters is 1. The molecule has 1 aliphatic carbocycles. The fourth-order valence-electron chi connectivity index (χ4n) is 3.56. The third-order valence-electron chi connectivity index (χ3n) is 5.10. The zero-order chi connectivity index (χ0) is 21.4. The highest BCUT2D eigenvalue weighted by Crippen LogP contribution is 2.29. The number of aromatic nitrogens is 1. The van der Waals surface area contributed by atoms with E-state index in [1.54, 1.807) is 24.3 Å². The second kappa shape index (κ2) is 10.4. The van der Waals surface area contributed by atoms with E-state index in [2.05, 4.69) is 10.3 Å². The highest BCUT2D eigenvalue weighted by atomic mass is 32.1. The monoisotopic (exact) mass is 428 g/mol. The van der Waals surface area contributed by atoms with Gasteiger partial charge in [-0.1, -0.05) is 31.4 Å². The van der Waals surface area contributed by atoms with Crippen molar-refractivity contribution in [1.29, 1.82) is 0 Å². The Balaban J connectivity index is 1.56. The van der Waals surface area contributed by atoms with Crippen molar-refractivity contribution in [3.63, 3.8) is 0 Å². The summed E-state index contributed by atoms with van der Waals surface area (Å²) in [4.78, 5) is 29.3. The van der Waals surface area contributed by atoms with Crippen molar-refractivity contribution in [3.8, 4) is 5.75 Å². The first kappa shape index (κ1) is 22.0. The van der Waals surface area contributed by atoms with Crippen molar-refractivity contribution in [3.05, 3.63) is 52.0 Å². The molecule has 1 fully saturated rings. The normalized spacial score (nSPS) is 15.7. The molecule has 1 aromatic heterocycles. The molecule has 30 heavy (non-hydrogen) atoms. The lowest BCUT2D eigenvalue weighted by molar-refractivity contribution is -0.154. The Labute approximate surface area is 181 Å². The largest absolute Gasteiger partial charge is 0.487 e. The summed E-state index contributed by atoms with van der Waals surface area (Å²) in [7, 11) is 0. The zero-order valence-corrected chi connectivity index (χ0v) is 18.3. The highest BCUT2D eigenvalue weighted by molar-refractivity contribution is 7.09. The third kappa shape index (κ3) is 5.92. The molecule has 0 spiro atoms. The minimum absolute atomic E-state index is 0.288. The van der Waals surface area contributed by atoms with Crippen molar-refractivity contribution in [2.45, 2.75) is 58.1 Å². The summed E-state index contributed by atoms with van der Waals surface area (Å²) in [5.74, 6) is 0.123. The summed E-state index contributed by atoms with van der Waals surface area (Å²) in [5.41, 5.74) is 0.883. The van der Waals surface area contributed by atoms with E-state index in [4.69, 9.17) is 9.47 Å². The molecule has 0 aliphatic heterocycles. The van der Waals surface area contributed by atoms with Gasteiger partial charge in [0.25, 0.3) is 0 Å². The van der Waals surface area contributed by atoms with Crippen LogP contribution in [-0.4, -0.2) is 29.0 Å². The molecule has 0 saturated heterocycles. The van der Waals surface area contributed by atoms with Crippen LogP contribution in [0.3, 0.4) is 0 Å². The number of nitrogens with one attached hydrogen (secondary N) is 1. The van der Waals surface area contributed by atoms with Crippen molar-refractivity contribution in [1.82, 2.24) is 10.3 Å². The van der Waals surface area contributed by atoms with Crippen LogP contribution in [0, 0.1) is 6.92 Å². The first-order chi connectivity index (χ1) is 14.5. The number of hydrogen-bond acceptors (Lipinski definition) is 6. The van der Waals surface area contributed by atoms with Gasteiger partial charge in [0.2, 0.25) is 5.91 Å². The van der Waals surface area contributed by atoms with Crippen molar-refractivity contribution in [2.75, 3.05) is 6.61 Å². The average Bonchev–Trinajstić information content (AvgIpc) is 3.17. The summed E-state index contributed by atoms with van der Waals surface area (Å²) < 4.78 is 11.0. The van der Waals surface area contributed by atoms with Crippen LogP contribution in [-0.2, 0) is 20.9 Å². The van der Waals surface area contributed by atoms with Crippen LogP contribution in [0.15, 0.2) is 35.7 Å². The maximum atomic E-state index is 12.5. The lowest BCUT2D eigenvalue weighted by atomic mass is 9.81. The molecule has 160 valence electrons. The molecule has 0 radical (unpaired) electrons. The Kier molecular flexibility index (Phi) is 7.63. The highest BCUT2D eigenvalue weighted by Gasteiger charge is 2.41. The molecule has 2 aromatic rings. The van der Waals surface area contributed by atoms with Gasteiger partial charge >= 0.3 is 5.97 Å². The van der Waals surface area contributed by atoms with E-state index >= 15 is 0 Å². The minimum atomic E-state index is -0.901. The molecule has 3 rings (SSSR count). The summed E-state index contributed by atoms with van der Waals surface area (Å²) in [6.07, 6.45) is 7.32. The molecule has 1 aromatic carbocycles. The quantitative estimate of drug-likeness (QED) is 0.497. The molecule has 6 nitrogen and oxygen atoms in total. The first-order valence-electron chi connectivity index (χ1n) is 10.3. The van der Waals surface area contributed by atoms with Gasteiger partial charge in [0.1, 0.15) is 17.9 Å². The maximum Gasteiger partial charge on any atom is 0.331 e. The van der Waals surface area contributed by atoms with Crippen molar-refractivity contribution in [2.24, 2.45) is 0 Å². The number of aryl methyl sites for hydroxylation is 1. The van der Waals surface area contributed by atoms with Crippen LogP contribution in [0.25, 0.3) is 6.08 Å². The zero-order valence-electron chi connectivity index (χ0n) is 17.5. The number of nitrogens with zero attached hydrogens (tertiary/aromatic N) is 1. The van der Waals surface area contributed by atoms with E-state index in [1.165, 1.54) is 6.08 Å². The second-order valence-corrected chi connectivity index (χ2v) is 8.46. The minimum Gasteiger partial charge on any atom is -0.487 e. The Morgan fingerprint density at radius 2 is 1.93 bits per heavy atom. The number of amides is 1. The van der Waals surface area contributed by atoms with Gasteiger partial charge in [-0.15, -0.1) is 11.3 Å². The smallest absolute Gasteiger partial charge is 0.331 e. The van der Waals surface area contributed by atoms with Crippen LogP contribution >= 0.6 is 11.3 Å². The molecular weight excluding hydrogens is 400 g/mol. The molecule has 7 heteroatoms. The second-order valence-electron chi connectivity index (χ2n) is 7.40. The summed E-state index contributed by atoms with van der Waals surface area (Å²) >= 11 is 1.60. The molecule has 1 saturated carbocycles. The van der Waals surface area contributed by atoms with Gasteiger partial charge in [-0.25, -0.2) is 9.78 Å². The van der Waals surface area contributed by atoms with Crippen LogP contribution < -0.4 is 10.1 Å². The fourth-order valence-corrected chi connectivity index (χ4v) is 4.16. The van der Waals surface area contributed by atoms with Gasteiger partial charge in [0, 0.05) is 11.5 Å². The summed E-state index contributed by atoms with van der Waals surface area (Å²) in [5, 5.41) is 5.91. The Hall–Kier alpha value is -2.67. The van der Waals surface area contributed by atoms with E-state index in [-0.39, 0.29) is 11.9 Å². The number of ether oxygens (including phenoxy) is 2. The predicted molar refractivity (Wildman–Crippen MR) is 117 cm³/mol. The Morgan fingerprint density at radius 3 is 2.57 bits per heavy atom. The number of hydrogen-bond donors (Lipinski definition) is 1. The van der Waals surface area contributed by atoms with Gasteiger partial charge < -0.3 is 14.8 Å². The van der Waals surface area contributed by atoms with Gasteiger partial charge in [0.05, 0.1) is 17.3 Å². The summed E-state index contributed by atoms with van der Waals surface area (Å²) in [6.45, 7) is 4.48. The maximum absolute atomic E-state index is 12.5. The van der Waals surface area contributed by atoms with Gasteiger partial charge in [-0.3, -0.25) is 4.79 Å². The number of carbonyl (C=O) groups is 2. The van der Waals surface area contributed by atoms with Gasteiger partial charge in [-0.05, 0) is 50.5 Å². The predicted octanol–water partition coefficient (Wildman–Crippen LogP) is 4.43. The Morgan fingerprint density at radius 1 is 1.20 bits per heavy atom. The first-order valence-corrected chi connectivity index (χ1v) is 11.2. The molecular formula is C23H28N2O4S. The molecule has 1 amide bonds. The van der Waals surface area contributed by atoms with Crippen molar-refractivity contribution >= 4 is 29.3 Å². The number of rotatable bonds is 8. The van der Waals surface area contributed by atoms with Crippen LogP contribution in [0.4, 0.5) is 0 Å². The molecule has 0 unspecified atom stereocenters. The lowest BCUT2D eigenvalue weighted by Crippen LogP contribution is -2.56. The van der Waals surface area contributed by atoms with Crippen LogP contribution in [0.5, 0.6) is 5.75 Å². The molecule has 0 atom stereocenters. The molecule has 1 aliphatic rings. The van der Waals surface area contributed by atoms with Crippen LogP contribution in [0.1, 0.15) is 55.3 Å². The standard InChI is InChI=1S/C23H28N2O4S/c1-3-28-22(27)23(13-5-4-6-14-23)25-21(26)12-9-18-7-10-20(11-8-18)29-15-19-16-30-17(2)24-19/h7-12,16H,3-6,13-15H2,1-2H3,(H,25,26)/b12-9+. The van der Waals surface area contributed by atoms with E-state index in [0.717, 1.165) is 41.3 Å². The van der Waals surface area contributed by atoms with Crippen molar-refractivity contribution < 1.29 is 19.1 Å². The lowest BCUT2D eigenvalue weighted by Gasteiger charge is -2.35. The van der Waals surface area contributed by atoms with E-state index in [0.29, 0.717) is 26.1 Å². The Bertz CT molecular complexity index is 883. The SMILES string of the molecule is CCOC(=O)C1(NC(=O)/C=C/c2ccc(OCc3csc(C)n3)cc2)CCCCC1. The third-order valence-corrected chi connectivity index (χ3v) is 5.92. The summed E-state index contributed by atoms with van der Waals surface area (Å²) in [6, 6.07) is 7.48. The fraction of sp³-hybridized carbons (Fsp3) is 0.435. The van der Waals surface area contributed by atoms with E-state index in [9.17, 15) is 9.59 Å². The molecule has 0 bridgehead atoms. The van der Waals surface area contributed by atoms with E-state index < -0.39 is 5.54 Å². The number of thiazole rings is 1. The number of carbonyl (C=O) groups excluding carboxylic acids is 2. The number of benzene rings is 1. The van der Waals surface area contributed by atoms with Crippen LogP contribution in [0.2, 0.25) is 0 Å². The topological polar surface area (TPSA) is 77.5 Å². The van der Waals surface area contributed by atoms with E-state index in [1.807, 2.05) is 36.6 Å². The molecule has 1 heterocycles. The molecule has 1 N–H and O–H groups in total. The van der Waals surface area contributed by atoms with Gasteiger partial charge in [0.15, 0.2) is 0 Å². The average molecular weight is 429 g/mol.